The number of hydrogen-bond acceptors (Lipinski definition) is 0. The fourth-order valence-corrected chi connectivity index (χ4v) is 6.12. The Kier molecular flexibility index (Phi) is 2.69. The molecule has 0 unspecified atom stereocenters. The highest BCUT2D eigenvalue weighted by Gasteiger charge is 2.33. The van der Waals surface area contributed by atoms with Crippen molar-refractivity contribution < 1.29 is 13.2 Å². The molecule has 8 rings (SSSR count). The van der Waals surface area contributed by atoms with Crippen LogP contribution in [-0.4, -0.2) is 0 Å². The minimum atomic E-state index is -4.39. The van der Waals surface area contributed by atoms with Crippen LogP contribution < -0.4 is 0 Å². The van der Waals surface area contributed by atoms with Gasteiger partial charge in [-0.05, 0) is 81.5 Å². The molecule has 0 N–H and O–H groups in total. The molecule has 0 aliphatic rings. The predicted molar refractivity (Wildman–Crippen MR) is 128 cm³/mol. The van der Waals surface area contributed by atoms with Gasteiger partial charge in [-0.25, -0.2) is 0 Å². The Bertz CT molecular complexity index is 2010. The summed E-state index contributed by atoms with van der Waals surface area (Å²) < 4.78 is 41.4. The standard InChI is InChI=1S/C29H13F3/c30-29(31,32)22-3-1-2-18-17(22)12-13-19-20-10-8-15-6-4-14-5-7-16-9-11-21(26(18)19)28-25(16)23(14)24(15)27(20)28/h1-13H. The summed E-state index contributed by atoms with van der Waals surface area (Å²) in [5.41, 5.74) is -0.582. The van der Waals surface area contributed by atoms with Crippen LogP contribution in [0.2, 0.25) is 0 Å². The molecule has 32 heavy (non-hydrogen) atoms. The van der Waals surface area contributed by atoms with E-state index in [0.29, 0.717) is 5.39 Å². The number of fused-ring (bicyclic) bond motifs is 5. The van der Waals surface area contributed by atoms with Gasteiger partial charge in [0.05, 0.1) is 5.56 Å². The largest absolute Gasteiger partial charge is 0.417 e. The van der Waals surface area contributed by atoms with Crippen molar-refractivity contribution in [3.63, 3.8) is 0 Å². The molecule has 0 aliphatic heterocycles. The van der Waals surface area contributed by atoms with E-state index in [9.17, 15) is 13.2 Å². The molecule has 0 radical (unpaired) electrons. The highest BCUT2D eigenvalue weighted by Crippen LogP contribution is 2.51. The Hall–Kier alpha value is -3.85. The van der Waals surface area contributed by atoms with E-state index in [0.717, 1.165) is 21.5 Å². The molecule has 0 saturated carbocycles. The molecule has 150 valence electrons. The van der Waals surface area contributed by atoms with Crippen LogP contribution in [0.15, 0.2) is 78.9 Å². The molecule has 3 heteroatoms. The van der Waals surface area contributed by atoms with Crippen molar-refractivity contribution >= 4 is 75.4 Å². The van der Waals surface area contributed by atoms with Gasteiger partial charge in [0.2, 0.25) is 0 Å². The highest BCUT2D eigenvalue weighted by molar-refractivity contribution is 6.49. The summed E-state index contributed by atoms with van der Waals surface area (Å²) in [7, 11) is 0. The zero-order valence-corrected chi connectivity index (χ0v) is 16.6. The molecule has 0 spiro atoms. The van der Waals surface area contributed by atoms with Gasteiger partial charge in [-0.1, -0.05) is 72.8 Å². The lowest BCUT2D eigenvalue weighted by Crippen LogP contribution is -2.05. The number of hydrogen-bond donors (Lipinski definition) is 0. The van der Waals surface area contributed by atoms with E-state index in [1.165, 1.54) is 55.2 Å². The zero-order valence-electron chi connectivity index (χ0n) is 16.6. The maximum atomic E-state index is 13.8. The average Bonchev–Trinajstić information content (AvgIpc) is 3.17. The molecule has 0 amide bonds. The van der Waals surface area contributed by atoms with Gasteiger partial charge in [0.1, 0.15) is 0 Å². The van der Waals surface area contributed by atoms with Crippen LogP contribution in [-0.2, 0) is 6.18 Å². The second kappa shape index (κ2) is 5.13. The molecule has 0 bridgehead atoms. The summed E-state index contributed by atoms with van der Waals surface area (Å²) in [6.07, 6.45) is -4.39. The van der Waals surface area contributed by atoms with E-state index in [1.807, 2.05) is 12.1 Å². The van der Waals surface area contributed by atoms with Crippen molar-refractivity contribution in [3.05, 3.63) is 84.4 Å². The van der Waals surface area contributed by atoms with Gasteiger partial charge in [-0.15, -0.1) is 0 Å². The van der Waals surface area contributed by atoms with Crippen LogP contribution in [0.1, 0.15) is 5.56 Å². The summed E-state index contributed by atoms with van der Waals surface area (Å²) in [5, 5.41) is 14.7. The van der Waals surface area contributed by atoms with Crippen LogP contribution >= 0.6 is 0 Å². The number of halogens is 3. The highest BCUT2D eigenvalue weighted by atomic mass is 19.4. The summed E-state index contributed by atoms with van der Waals surface area (Å²) >= 11 is 0. The minimum Gasteiger partial charge on any atom is -0.166 e. The molecule has 0 saturated heterocycles. The van der Waals surface area contributed by atoms with Crippen LogP contribution in [0, 0.1) is 0 Å². The predicted octanol–water partition coefficient (Wildman–Crippen LogP) is 9.09. The van der Waals surface area contributed by atoms with Crippen LogP contribution in [0.25, 0.3) is 75.4 Å². The Morgan fingerprint density at radius 2 is 0.812 bits per heavy atom. The maximum Gasteiger partial charge on any atom is 0.417 e. The molecular formula is C29H13F3. The number of benzene rings is 7. The van der Waals surface area contributed by atoms with Gasteiger partial charge in [-0.3, -0.25) is 0 Å². The molecule has 0 nitrogen and oxygen atoms in total. The normalized spacial score (nSPS) is 13.5. The van der Waals surface area contributed by atoms with E-state index < -0.39 is 11.7 Å². The van der Waals surface area contributed by atoms with Crippen molar-refractivity contribution in [2.24, 2.45) is 0 Å². The Labute approximate surface area is 179 Å². The minimum absolute atomic E-state index is 0.254. The molecule has 8 aromatic carbocycles. The lowest BCUT2D eigenvalue weighted by Gasteiger charge is -2.15. The lowest BCUT2D eigenvalue weighted by molar-refractivity contribution is -0.136. The van der Waals surface area contributed by atoms with Gasteiger partial charge >= 0.3 is 6.18 Å². The SMILES string of the molecule is FC(F)(F)c1cccc2c1ccc1c3ccc4ccc5ccc6ccc(c21)c1c6c5c4c31. The first kappa shape index (κ1) is 16.8. The van der Waals surface area contributed by atoms with E-state index in [-0.39, 0.29) is 5.39 Å². The summed E-state index contributed by atoms with van der Waals surface area (Å²) in [6.45, 7) is 0. The first-order valence-corrected chi connectivity index (χ1v) is 10.6. The Morgan fingerprint density at radius 3 is 1.47 bits per heavy atom. The molecule has 0 atom stereocenters. The third-order valence-corrected chi connectivity index (χ3v) is 7.33. The van der Waals surface area contributed by atoms with E-state index in [2.05, 4.69) is 48.5 Å². The van der Waals surface area contributed by atoms with Gasteiger partial charge < -0.3 is 0 Å². The van der Waals surface area contributed by atoms with E-state index in [1.54, 1.807) is 6.07 Å². The molecule has 0 aromatic heterocycles. The van der Waals surface area contributed by atoms with Crippen molar-refractivity contribution in [3.8, 4) is 0 Å². The van der Waals surface area contributed by atoms with Gasteiger partial charge in [-0.2, -0.15) is 13.2 Å². The van der Waals surface area contributed by atoms with Crippen LogP contribution in [0.5, 0.6) is 0 Å². The average molecular weight is 418 g/mol. The van der Waals surface area contributed by atoms with Crippen molar-refractivity contribution in [2.75, 3.05) is 0 Å². The first-order chi connectivity index (χ1) is 15.5. The Balaban J connectivity index is 1.77. The monoisotopic (exact) mass is 418 g/mol. The number of alkyl halides is 3. The second-order valence-electron chi connectivity index (χ2n) is 8.79. The molecular weight excluding hydrogens is 405 g/mol. The fourth-order valence-electron chi connectivity index (χ4n) is 6.12. The van der Waals surface area contributed by atoms with Gasteiger partial charge in [0, 0.05) is 0 Å². The second-order valence-corrected chi connectivity index (χ2v) is 8.79. The van der Waals surface area contributed by atoms with Crippen molar-refractivity contribution in [1.82, 2.24) is 0 Å². The quantitative estimate of drug-likeness (QED) is 0.215. The summed E-state index contributed by atoms with van der Waals surface area (Å²) in [4.78, 5) is 0. The van der Waals surface area contributed by atoms with E-state index >= 15 is 0 Å². The molecule has 8 aromatic rings. The molecule has 0 aliphatic carbocycles. The van der Waals surface area contributed by atoms with Crippen LogP contribution in [0.3, 0.4) is 0 Å². The maximum absolute atomic E-state index is 13.8. The lowest BCUT2D eigenvalue weighted by atomic mass is 9.89. The summed E-state index contributed by atoms with van der Waals surface area (Å²) in [5.74, 6) is 0. The van der Waals surface area contributed by atoms with Gasteiger partial charge in [0.25, 0.3) is 0 Å². The smallest absolute Gasteiger partial charge is 0.166 e. The molecule has 0 fully saturated rings. The zero-order chi connectivity index (χ0) is 21.4. The van der Waals surface area contributed by atoms with Gasteiger partial charge in [0.15, 0.2) is 0 Å². The van der Waals surface area contributed by atoms with E-state index in [4.69, 9.17) is 0 Å². The molecule has 0 heterocycles. The topological polar surface area (TPSA) is 0 Å². The summed E-state index contributed by atoms with van der Waals surface area (Å²) in [6, 6.07) is 25.2. The number of rotatable bonds is 0. The van der Waals surface area contributed by atoms with Crippen molar-refractivity contribution in [2.45, 2.75) is 6.18 Å². The van der Waals surface area contributed by atoms with Crippen molar-refractivity contribution in [1.29, 1.82) is 0 Å². The third kappa shape index (κ3) is 1.75. The Morgan fingerprint density at radius 1 is 0.375 bits per heavy atom. The fraction of sp³-hybridized carbons (Fsp3) is 0.0345. The third-order valence-electron chi connectivity index (χ3n) is 7.33. The first-order valence-electron chi connectivity index (χ1n) is 10.6. The van der Waals surface area contributed by atoms with Crippen LogP contribution in [0.4, 0.5) is 13.2 Å².